The van der Waals surface area contributed by atoms with Crippen molar-refractivity contribution in [2.75, 3.05) is 0 Å². The summed E-state index contributed by atoms with van der Waals surface area (Å²) >= 11 is 0. The average Bonchev–Trinajstić information content (AvgIpc) is 2.85. The molecule has 2 heterocycles. The van der Waals surface area contributed by atoms with Crippen molar-refractivity contribution in [3.63, 3.8) is 0 Å². The standard InChI is InChI=1S/C18H22N4O/c1-4-7-15-21-14-10-20-13-9-6-5-8-12(13)16(14)22(15)11-18(2,3)17(19)23/h5-6,8-10H,4,7,11H2,1-3H3,(H2,19,23). The topological polar surface area (TPSA) is 73.8 Å². The van der Waals surface area contributed by atoms with Crippen molar-refractivity contribution in [1.82, 2.24) is 14.5 Å². The molecule has 0 spiro atoms. The number of nitrogens with zero attached hydrogens (tertiary/aromatic N) is 3. The van der Waals surface area contributed by atoms with Crippen molar-refractivity contribution in [2.45, 2.75) is 40.2 Å². The summed E-state index contributed by atoms with van der Waals surface area (Å²) < 4.78 is 2.15. The van der Waals surface area contributed by atoms with E-state index in [1.807, 2.05) is 38.2 Å². The number of pyridine rings is 1. The summed E-state index contributed by atoms with van der Waals surface area (Å²) in [5.41, 5.74) is 7.78. The summed E-state index contributed by atoms with van der Waals surface area (Å²) in [6.45, 7) is 6.39. The Bertz CT molecular complexity index is 879. The Morgan fingerprint density at radius 1 is 1.26 bits per heavy atom. The minimum absolute atomic E-state index is 0.305. The van der Waals surface area contributed by atoms with Gasteiger partial charge in [-0.3, -0.25) is 9.78 Å². The molecule has 0 unspecified atom stereocenters. The highest BCUT2D eigenvalue weighted by atomic mass is 16.1. The Kier molecular flexibility index (Phi) is 3.80. The first-order valence-corrected chi connectivity index (χ1v) is 7.97. The lowest BCUT2D eigenvalue weighted by atomic mass is 9.92. The van der Waals surface area contributed by atoms with Gasteiger partial charge >= 0.3 is 0 Å². The molecule has 0 aliphatic heterocycles. The number of carbonyl (C=O) groups is 1. The van der Waals surface area contributed by atoms with E-state index in [9.17, 15) is 4.79 Å². The van der Waals surface area contributed by atoms with E-state index in [0.717, 1.165) is 40.6 Å². The van der Waals surface area contributed by atoms with E-state index in [2.05, 4.69) is 22.5 Å². The summed E-state index contributed by atoms with van der Waals surface area (Å²) in [6.07, 6.45) is 3.66. The normalized spacial score (nSPS) is 12.1. The van der Waals surface area contributed by atoms with E-state index in [0.29, 0.717) is 6.54 Å². The fraction of sp³-hybridized carbons (Fsp3) is 0.389. The van der Waals surface area contributed by atoms with Gasteiger partial charge in [-0.1, -0.05) is 25.1 Å². The first kappa shape index (κ1) is 15.5. The Balaban J connectivity index is 2.29. The SMILES string of the molecule is CCCc1nc2cnc3ccccc3c2n1CC(C)(C)C(N)=O. The minimum atomic E-state index is -0.638. The van der Waals surface area contributed by atoms with Crippen LogP contribution in [0.25, 0.3) is 21.9 Å². The van der Waals surface area contributed by atoms with Crippen LogP contribution in [0.15, 0.2) is 30.5 Å². The molecule has 0 radical (unpaired) electrons. The maximum absolute atomic E-state index is 11.8. The van der Waals surface area contributed by atoms with E-state index in [4.69, 9.17) is 10.7 Å². The Hall–Kier alpha value is -2.43. The van der Waals surface area contributed by atoms with Gasteiger partial charge in [-0.15, -0.1) is 0 Å². The number of aryl methyl sites for hydroxylation is 1. The first-order chi connectivity index (χ1) is 10.9. The number of amides is 1. The molecule has 0 fully saturated rings. The van der Waals surface area contributed by atoms with Gasteiger partial charge in [0.2, 0.25) is 5.91 Å². The molecule has 0 saturated carbocycles. The molecule has 0 saturated heterocycles. The average molecular weight is 310 g/mol. The molecule has 0 atom stereocenters. The number of hydrogen-bond donors (Lipinski definition) is 1. The Morgan fingerprint density at radius 2 is 2.00 bits per heavy atom. The maximum atomic E-state index is 11.8. The van der Waals surface area contributed by atoms with Crippen molar-refractivity contribution >= 4 is 27.8 Å². The summed E-state index contributed by atoms with van der Waals surface area (Å²) in [7, 11) is 0. The first-order valence-electron chi connectivity index (χ1n) is 7.97. The van der Waals surface area contributed by atoms with Gasteiger partial charge in [0.05, 0.1) is 22.6 Å². The number of hydrogen-bond acceptors (Lipinski definition) is 3. The van der Waals surface area contributed by atoms with E-state index in [1.165, 1.54) is 0 Å². The predicted octanol–water partition coefficient (Wildman–Crippen LogP) is 3.05. The van der Waals surface area contributed by atoms with Gasteiger partial charge in [0, 0.05) is 18.4 Å². The molecule has 3 aromatic rings. The Labute approximate surface area is 135 Å². The fourth-order valence-electron chi connectivity index (χ4n) is 2.87. The molecule has 5 heteroatoms. The Morgan fingerprint density at radius 3 is 2.70 bits per heavy atom. The second-order valence-electron chi connectivity index (χ2n) is 6.62. The largest absolute Gasteiger partial charge is 0.369 e. The lowest BCUT2D eigenvalue weighted by Gasteiger charge is -2.23. The molecular weight excluding hydrogens is 288 g/mol. The lowest BCUT2D eigenvalue weighted by molar-refractivity contribution is -0.126. The summed E-state index contributed by atoms with van der Waals surface area (Å²) in [6, 6.07) is 8.02. The number of benzene rings is 1. The molecule has 2 N–H and O–H groups in total. The molecule has 1 amide bonds. The van der Waals surface area contributed by atoms with Crippen LogP contribution in [-0.2, 0) is 17.8 Å². The van der Waals surface area contributed by atoms with Gasteiger partial charge in [-0.2, -0.15) is 0 Å². The van der Waals surface area contributed by atoms with Gasteiger partial charge in [-0.25, -0.2) is 4.98 Å². The van der Waals surface area contributed by atoms with Gasteiger partial charge < -0.3 is 10.3 Å². The molecule has 120 valence electrons. The monoisotopic (exact) mass is 310 g/mol. The van der Waals surface area contributed by atoms with E-state index < -0.39 is 5.41 Å². The smallest absolute Gasteiger partial charge is 0.224 e. The van der Waals surface area contributed by atoms with Crippen LogP contribution >= 0.6 is 0 Å². The highest BCUT2D eigenvalue weighted by Gasteiger charge is 2.28. The van der Waals surface area contributed by atoms with Crippen LogP contribution in [0.2, 0.25) is 0 Å². The number of primary amides is 1. The van der Waals surface area contributed by atoms with Gasteiger partial charge in [0.25, 0.3) is 0 Å². The lowest BCUT2D eigenvalue weighted by Crippen LogP contribution is -2.35. The third kappa shape index (κ3) is 2.67. The highest BCUT2D eigenvalue weighted by Crippen LogP contribution is 2.28. The van der Waals surface area contributed by atoms with E-state index in [1.54, 1.807) is 0 Å². The molecule has 1 aromatic carbocycles. The van der Waals surface area contributed by atoms with E-state index in [-0.39, 0.29) is 5.91 Å². The number of imidazole rings is 1. The van der Waals surface area contributed by atoms with Crippen LogP contribution in [0, 0.1) is 5.41 Å². The molecule has 3 rings (SSSR count). The predicted molar refractivity (Wildman–Crippen MR) is 92.0 cm³/mol. The fourth-order valence-corrected chi connectivity index (χ4v) is 2.87. The van der Waals surface area contributed by atoms with Crippen molar-refractivity contribution in [2.24, 2.45) is 11.1 Å². The molecular formula is C18H22N4O. The molecule has 5 nitrogen and oxygen atoms in total. The second kappa shape index (κ2) is 5.65. The van der Waals surface area contributed by atoms with Crippen LogP contribution in [0.5, 0.6) is 0 Å². The van der Waals surface area contributed by atoms with Crippen LogP contribution in [0.1, 0.15) is 33.0 Å². The van der Waals surface area contributed by atoms with Crippen molar-refractivity contribution < 1.29 is 4.79 Å². The van der Waals surface area contributed by atoms with Crippen LogP contribution in [0.4, 0.5) is 0 Å². The number of rotatable bonds is 5. The van der Waals surface area contributed by atoms with Crippen molar-refractivity contribution in [3.05, 3.63) is 36.3 Å². The number of aromatic nitrogens is 3. The zero-order valence-corrected chi connectivity index (χ0v) is 13.8. The number of carbonyl (C=O) groups excluding carboxylic acids is 1. The molecule has 0 aliphatic carbocycles. The van der Waals surface area contributed by atoms with E-state index >= 15 is 0 Å². The molecule has 0 aliphatic rings. The minimum Gasteiger partial charge on any atom is -0.369 e. The quantitative estimate of drug-likeness (QED) is 0.787. The van der Waals surface area contributed by atoms with Gasteiger partial charge in [-0.05, 0) is 26.3 Å². The molecule has 2 aromatic heterocycles. The maximum Gasteiger partial charge on any atom is 0.224 e. The summed E-state index contributed by atoms with van der Waals surface area (Å²) in [4.78, 5) is 21.0. The summed E-state index contributed by atoms with van der Waals surface area (Å²) in [5, 5.41) is 1.06. The highest BCUT2D eigenvalue weighted by molar-refractivity contribution is 6.02. The van der Waals surface area contributed by atoms with Crippen LogP contribution in [-0.4, -0.2) is 20.4 Å². The zero-order chi connectivity index (χ0) is 16.6. The van der Waals surface area contributed by atoms with Crippen LogP contribution in [0.3, 0.4) is 0 Å². The third-order valence-electron chi connectivity index (χ3n) is 4.25. The number of para-hydroxylation sites is 1. The van der Waals surface area contributed by atoms with Crippen molar-refractivity contribution in [1.29, 1.82) is 0 Å². The number of nitrogens with two attached hydrogens (primary N) is 1. The molecule has 23 heavy (non-hydrogen) atoms. The summed E-state index contributed by atoms with van der Waals surface area (Å²) in [5.74, 6) is 0.676. The second-order valence-corrected chi connectivity index (χ2v) is 6.62. The zero-order valence-electron chi connectivity index (χ0n) is 13.8. The van der Waals surface area contributed by atoms with Crippen LogP contribution < -0.4 is 5.73 Å². The number of fused-ring (bicyclic) bond motifs is 3. The third-order valence-corrected chi connectivity index (χ3v) is 4.25. The molecule has 0 bridgehead atoms. The van der Waals surface area contributed by atoms with Gasteiger partial charge in [0.15, 0.2) is 0 Å². The van der Waals surface area contributed by atoms with Gasteiger partial charge in [0.1, 0.15) is 11.3 Å². The van der Waals surface area contributed by atoms with Crippen molar-refractivity contribution in [3.8, 4) is 0 Å².